The normalized spacial score (nSPS) is 10.6. The highest BCUT2D eigenvalue weighted by atomic mass is 35.5. The van der Waals surface area contributed by atoms with E-state index in [1.807, 2.05) is 0 Å². The van der Waals surface area contributed by atoms with Crippen LogP contribution in [0.1, 0.15) is 12.0 Å². The van der Waals surface area contributed by atoms with Crippen LogP contribution in [0.4, 0.5) is 14.5 Å². The molecule has 0 saturated carbocycles. The predicted octanol–water partition coefficient (Wildman–Crippen LogP) is 3.84. The number of nitrogens with zero attached hydrogens (tertiary/aromatic N) is 1. The SMILES string of the molecule is O=[N+]([O-])c1cc(Cl)c(C(F)F)cc1Cl. The van der Waals surface area contributed by atoms with E-state index in [0.717, 1.165) is 12.1 Å². The third-order valence-electron chi connectivity index (χ3n) is 1.50. The summed E-state index contributed by atoms with van der Waals surface area (Å²) in [5, 5.41) is 9.61. The van der Waals surface area contributed by atoms with Gasteiger partial charge in [0, 0.05) is 11.6 Å². The van der Waals surface area contributed by atoms with Crippen molar-refractivity contribution >= 4 is 28.9 Å². The van der Waals surface area contributed by atoms with E-state index >= 15 is 0 Å². The molecule has 0 saturated heterocycles. The maximum absolute atomic E-state index is 12.2. The zero-order valence-electron chi connectivity index (χ0n) is 6.51. The molecule has 0 unspecified atom stereocenters. The van der Waals surface area contributed by atoms with Gasteiger partial charge in [0.05, 0.1) is 9.95 Å². The zero-order chi connectivity index (χ0) is 10.9. The largest absolute Gasteiger partial charge is 0.289 e. The Bertz CT molecular complexity index is 384. The number of benzene rings is 1. The minimum atomic E-state index is -2.80. The summed E-state index contributed by atoms with van der Waals surface area (Å²) in [4.78, 5) is 9.54. The molecule has 0 heterocycles. The van der Waals surface area contributed by atoms with E-state index in [9.17, 15) is 18.9 Å². The summed E-state index contributed by atoms with van der Waals surface area (Å²) in [5.41, 5.74) is -0.997. The first-order valence-corrected chi connectivity index (χ1v) is 4.10. The van der Waals surface area contributed by atoms with Crippen molar-refractivity contribution in [1.82, 2.24) is 0 Å². The van der Waals surface area contributed by atoms with Crippen molar-refractivity contribution in [2.75, 3.05) is 0 Å². The Kier molecular flexibility index (Phi) is 3.23. The minimum absolute atomic E-state index is 0.352. The van der Waals surface area contributed by atoms with Crippen LogP contribution in [0.25, 0.3) is 0 Å². The number of rotatable bonds is 2. The molecule has 0 bridgehead atoms. The molecule has 76 valence electrons. The van der Waals surface area contributed by atoms with Crippen molar-refractivity contribution in [1.29, 1.82) is 0 Å². The molecule has 14 heavy (non-hydrogen) atoms. The topological polar surface area (TPSA) is 43.1 Å². The van der Waals surface area contributed by atoms with Gasteiger partial charge in [-0.15, -0.1) is 0 Å². The Morgan fingerprint density at radius 1 is 1.29 bits per heavy atom. The lowest BCUT2D eigenvalue weighted by atomic mass is 10.2. The van der Waals surface area contributed by atoms with Crippen molar-refractivity contribution in [3.63, 3.8) is 0 Å². The Balaban J connectivity index is 3.31. The number of nitro benzene ring substituents is 1. The van der Waals surface area contributed by atoms with Gasteiger partial charge >= 0.3 is 0 Å². The van der Waals surface area contributed by atoms with E-state index in [1.54, 1.807) is 0 Å². The molecule has 1 rings (SSSR count). The Morgan fingerprint density at radius 2 is 1.86 bits per heavy atom. The minimum Gasteiger partial charge on any atom is -0.258 e. The van der Waals surface area contributed by atoms with E-state index in [4.69, 9.17) is 23.2 Å². The van der Waals surface area contributed by atoms with E-state index in [-0.39, 0.29) is 10.0 Å². The summed E-state index contributed by atoms with van der Waals surface area (Å²) in [5.74, 6) is 0. The van der Waals surface area contributed by atoms with Gasteiger partial charge in [-0.1, -0.05) is 23.2 Å². The first-order chi connectivity index (χ1) is 6.43. The Labute approximate surface area is 87.4 Å². The molecule has 0 aliphatic heterocycles. The van der Waals surface area contributed by atoms with Crippen LogP contribution in [0, 0.1) is 10.1 Å². The molecule has 7 heteroatoms. The summed E-state index contributed by atoms with van der Waals surface area (Å²) >= 11 is 10.8. The Hall–Kier alpha value is -0.940. The third kappa shape index (κ3) is 2.10. The molecule has 0 aliphatic carbocycles. The van der Waals surface area contributed by atoms with Gasteiger partial charge in [0.15, 0.2) is 0 Å². The van der Waals surface area contributed by atoms with Crippen molar-refractivity contribution < 1.29 is 13.7 Å². The molecule has 3 nitrogen and oxygen atoms in total. The van der Waals surface area contributed by atoms with Crippen LogP contribution in [0.5, 0.6) is 0 Å². The van der Waals surface area contributed by atoms with Crippen LogP contribution >= 0.6 is 23.2 Å². The number of halogens is 4. The standard InChI is InChI=1S/C7H3Cl2F2NO2/c8-4-2-6(12(13)14)5(9)1-3(4)7(10)11/h1-2,7H. The van der Waals surface area contributed by atoms with E-state index < -0.39 is 22.6 Å². The molecule has 0 fully saturated rings. The van der Waals surface area contributed by atoms with Crippen LogP contribution in [0.15, 0.2) is 12.1 Å². The fourth-order valence-corrected chi connectivity index (χ4v) is 1.34. The van der Waals surface area contributed by atoms with E-state index in [1.165, 1.54) is 0 Å². The molecule has 0 spiro atoms. The smallest absolute Gasteiger partial charge is 0.258 e. The maximum atomic E-state index is 12.2. The third-order valence-corrected chi connectivity index (χ3v) is 2.13. The van der Waals surface area contributed by atoms with Gasteiger partial charge in [-0.05, 0) is 6.07 Å². The van der Waals surface area contributed by atoms with Crippen LogP contribution in [0.2, 0.25) is 10.0 Å². The maximum Gasteiger partial charge on any atom is 0.289 e. The lowest BCUT2D eigenvalue weighted by Gasteiger charge is -2.03. The fourth-order valence-electron chi connectivity index (χ4n) is 0.859. The van der Waals surface area contributed by atoms with Crippen molar-refractivity contribution in [2.45, 2.75) is 6.43 Å². The average Bonchev–Trinajstić information content (AvgIpc) is 2.07. The first kappa shape index (κ1) is 11.1. The van der Waals surface area contributed by atoms with E-state index in [0.29, 0.717) is 0 Å². The highest BCUT2D eigenvalue weighted by Crippen LogP contribution is 2.35. The highest BCUT2D eigenvalue weighted by molar-refractivity contribution is 6.35. The molecule has 0 N–H and O–H groups in total. The molecule has 0 aliphatic rings. The molecule has 0 aromatic heterocycles. The van der Waals surface area contributed by atoms with Gasteiger partial charge < -0.3 is 0 Å². The van der Waals surface area contributed by atoms with Gasteiger partial charge in [-0.3, -0.25) is 10.1 Å². The first-order valence-electron chi connectivity index (χ1n) is 3.35. The second-order valence-corrected chi connectivity index (χ2v) is 3.20. The van der Waals surface area contributed by atoms with Crippen molar-refractivity contribution in [3.05, 3.63) is 37.9 Å². The van der Waals surface area contributed by atoms with Gasteiger partial charge in [0.25, 0.3) is 12.1 Å². The number of hydrogen-bond acceptors (Lipinski definition) is 2. The van der Waals surface area contributed by atoms with Gasteiger partial charge in [-0.25, -0.2) is 8.78 Å². The number of alkyl halides is 2. The van der Waals surface area contributed by atoms with Gasteiger partial charge in [-0.2, -0.15) is 0 Å². The molecule has 0 amide bonds. The van der Waals surface area contributed by atoms with Crippen molar-refractivity contribution in [3.8, 4) is 0 Å². The summed E-state index contributed by atoms with van der Waals surface area (Å²) in [6, 6.07) is 1.61. The molecule has 0 radical (unpaired) electrons. The molecular weight excluding hydrogens is 239 g/mol. The quantitative estimate of drug-likeness (QED) is 0.584. The monoisotopic (exact) mass is 241 g/mol. The lowest BCUT2D eigenvalue weighted by molar-refractivity contribution is -0.384. The summed E-state index contributed by atoms with van der Waals surface area (Å²) in [7, 11) is 0. The molecule has 1 aromatic carbocycles. The van der Waals surface area contributed by atoms with E-state index in [2.05, 4.69) is 0 Å². The molecule has 0 atom stereocenters. The van der Waals surface area contributed by atoms with Crippen LogP contribution in [0.3, 0.4) is 0 Å². The van der Waals surface area contributed by atoms with Crippen molar-refractivity contribution in [2.24, 2.45) is 0 Å². The number of nitro groups is 1. The summed E-state index contributed by atoms with van der Waals surface area (Å²) < 4.78 is 24.5. The van der Waals surface area contributed by atoms with Gasteiger partial charge in [0.2, 0.25) is 0 Å². The molecule has 1 aromatic rings. The van der Waals surface area contributed by atoms with Gasteiger partial charge in [0.1, 0.15) is 5.02 Å². The molecular formula is C7H3Cl2F2NO2. The second kappa shape index (κ2) is 4.06. The fraction of sp³-hybridized carbons (Fsp3) is 0.143. The van der Waals surface area contributed by atoms with Crippen LogP contribution in [-0.2, 0) is 0 Å². The van der Waals surface area contributed by atoms with Crippen LogP contribution < -0.4 is 0 Å². The lowest BCUT2D eigenvalue weighted by Crippen LogP contribution is -1.93. The summed E-state index contributed by atoms with van der Waals surface area (Å²) in [6.07, 6.45) is -2.80. The second-order valence-electron chi connectivity index (χ2n) is 2.38. The van der Waals surface area contributed by atoms with Crippen LogP contribution in [-0.4, -0.2) is 4.92 Å². The summed E-state index contributed by atoms with van der Waals surface area (Å²) in [6.45, 7) is 0. The predicted molar refractivity (Wildman–Crippen MR) is 48.1 cm³/mol. The highest BCUT2D eigenvalue weighted by Gasteiger charge is 2.20. The number of hydrogen-bond donors (Lipinski definition) is 0. The average molecular weight is 242 g/mol. The Morgan fingerprint density at radius 3 is 2.29 bits per heavy atom. The zero-order valence-corrected chi connectivity index (χ0v) is 8.02.